The van der Waals surface area contributed by atoms with Crippen molar-refractivity contribution >= 4 is 5.91 Å². The lowest BCUT2D eigenvalue weighted by Gasteiger charge is -2.37. The molecule has 0 saturated carbocycles. The Morgan fingerprint density at radius 3 is 2.39 bits per heavy atom. The van der Waals surface area contributed by atoms with Crippen molar-refractivity contribution in [3.63, 3.8) is 0 Å². The van der Waals surface area contributed by atoms with E-state index in [1.54, 1.807) is 0 Å². The summed E-state index contributed by atoms with van der Waals surface area (Å²) in [6, 6.07) is 9.63. The number of nitrogens with two attached hydrogens (primary N) is 1. The van der Waals surface area contributed by atoms with E-state index in [1.165, 1.54) is 0 Å². The van der Waals surface area contributed by atoms with Gasteiger partial charge in [-0.25, -0.2) is 0 Å². The number of hydrogen-bond acceptors (Lipinski definition) is 3. The van der Waals surface area contributed by atoms with Crippen molar-refractivity contribution in [2.45, 2.75) is 32.0 Å². The van der Waals surface area contributed by atoms with E-state index >= 15 is 0 Å². The van der Waals surface area contributed by atoms with Crippen molar-refractivity contribution in [2.75, 3.05) is 13.1 Å². The average Bonchev–Trinajstić information content (AvgIpc) is 2.37. The molecular formula is C14H21N3O. The first kappa shape index (κ1) is 13.1. The molecule has 0 radical (unpaired) electrons. The monoisotopic (exact) mass is 247 g/mol. The Morgan fingerprint density at radius 2 is 1.83 bits per heavy atom. The molecule has 3 atom stereocenters. The molecule has 1 heterocycles. The second kappa shape index (κ2) is 5.50. The molecule has 0 aromatic heterocycles. The molecule has 0 bridgehead atoms. The van der Waals surface area contributed by atoms with Crippen LogP contribution in [0, 0.1) is 0 Å². The Morgan fingerprint density at radius 1 is 1.28 bits per heavy atom. The molecule has 1 aromatic rings. The molecule has 1 aliphatic rings. The molecule has 18 heavy (non-hydrogen) atoms. The van der Waals surface area contributed by atoms with E-state index in [0.29, 0.717) is 12.1 Å². The topological polar surface area (TPSA) is 58.4 Å². The molecule has 1 fully saturated rings. The molecule has 1 saturated heterocycles. The van der Waals surface area contributed by atoms with Crippen LogP contribution in [0.25, 0.3) is 0 Å². The van der Waals surface area contributed by atoms with Gasteiger partial charge in [0.25, 0.3) is 0 Å². The van der Waals surface area contributed by atoms with E-state index in [1.807, 2.05) is 35.2 Å². The van der Waals surface area contributed by atoms with Gasteiger partial charge in [0.1, 0.15) is 6.04 Å². The Bertz CT molecular complexity index is 397. The van der Waals surface area contributed by atoms with E-state index in [0.717, 1.165) is 18.7 Å². The third-order valence-electron chi connectivity index (χ3n) is 3.29. The maximum absolute atomic E-state index is 12.4. The van der Waals surface area contributed by atoms with E-state index in [-0.39, 0.29) is 5.91 Å². The summed E-state index contributed by atoms with van der Waals surface area (Å²) in [5.74, 6) is 0.0152. The van der Waals surface area contributed by atoms with Gasteiger partial charge in [0.05, 0.1) is 0 Å². The summed E-state index contributed by atoms with van der Waals surface area (Å²) in [7, 11) is 0. The molecule has 1 amide bonds. The van der Waals surface area contributed by atoms with Crippen LogP contribution >= 0.6 is 0 Å². The lowest BCUT2D eigenvalue weighted by molar-refractivity contribution is -0.134. The average molecular weight is 247 g/mol. The predicted molar refractivity (Wildman–Crippen MR) is 72.0 cm³/mol. The highest BCUT2D eigenvalue weighted by Crippen LogP contribution is 2.15. The number of amides is 1. The molecule has 0 aliphatic carbocycles. The largest absolute Gasteiger partial charge is 0.338 e. The highest BCUT2D eigenvalue weighted by atomic mass is 16.2. The first-order chi connectivity index (χ1) is 8.58. The van der Waals surface area contributed by atoms with E-state index in [2.05, 4.69) is 19.2 Å². The van der Waals surface area contributed by atoms with Crippen LogP contribution in [0.15, 0.2) is 30.3 Å². The van der Waals surface area contributed by atoms with Gasteiger partial charge < -0.3 is 16.0 Å². The summed E-state index contributed by atoms with van der Waals surface area (Å²) in [5, 5.41) is 3.41. The molecule has 1 aliphatic heterocycles. The summed E-state index contributed by atoms with van der Waals surface area (Å²) in [5.41, 5.74) is 6.92. The maximum Gasteiger partial charge on any atom is 0.244 e. The van der Waals surface area contributed by atoms with E-state index < -0.39 is 6.04 Å². The summed E-state index contributed by atoms with van der Waals surface area (Å²) in [6.07, 6.45) is 0. The van der Waals surface area contributed by atoms with Crippen LogP contribution in [-0.4, -0.2) is 36.0 Å². The Balaban J connectivity index is 2.07. The number of carbonyl (C=O) groups excluding carboxylic acids is 1. The number of nitrogens with zero attached hydrogens (tertiary/aromatic N) is 1. The molecule has 98 valence electrons. The minimum absolute atomic E-state index is 0.0152. The number of benzene rings is 1. The summed E-state index contributed by atoms with van der Waals surface area (Å²) in [6.45, 7) is 5.63. The SMILES string of the molecule is C[C@@H]1CN(C(=O)[C@@H](N)c2ccccc2)C[C@@H](C)N1. The van der Waals surface area contributed by atoms with Crippen LogP contribution in [0.1, 0.15) is 25.5 Å². The smallest absolute Gasteiger partial charge is 0.244 e. The van der Waals surface area contributed by atoms with Gasteiger partial charge in [-0.3, -0.25) is 4.79 Å². The van der Waals surface area contributed by atoms with Gasteiger partial charge in [0.2, 0.25) is 5.91 Å². The van der Waals surface area contributed by atoms with Crippen molar-refractivity contribution in [1.82, 2.24) is 10.2 Å². The normalized spacial score (nSPS) is 25.8. The number of hydrogen-bond donors (Lipinski definition) is 2. The van der Waals surface area contributed by atoms with Crippen molar-refractivity contribution in [3.05, 3.63) is 35.9 Å². The molecule has 0 spiro atoms. The third kappa shape index (κ3) is 2.89. The van der Waals surface area contributed by atoms with Gasteiger partial charge >= 0.3 is 0 Å². The maximum atomic E-state index is 12.4. The number of nitrogens with one attached hydrogen (secondary N) is 1. The number of rotatable bonds is 2. The Kier molecular flexibility index (Phi) is 3.99. The summed E-state index contributed by atoms with van der Waals surface area (Å²) < 4.78 is 0. The van der Waals surface area contributed by atoms with Crippen LogP contribution in [-0.2, 0) is 4.79 Å². The molecular weight excluding hydrogens is 226 g/mol. The summed E-state index contributed by atoms with van der Waals surface area (Å²) in [4.78, 5) is 14.2. The first-order valence-corrected chi connectivity index (χ1v) is 6.43. The van der Waals surface area contributed by atoms with Gasteiger partial charge in [-0.1, -0.05) is 30.3 Å². The van der Waals surface area contributed by atoms with Crippen LogP contribution in [0.5, 0.6) is 0 Å². The molecule has 2 rings (SSSR count). The van der Waals surface area contributed by atoms with Gasteiger partial charge in [-0.05, 0) is 19.4 Å². The highest BCUT2D eigenvalue weighted by Gasteiger charge is 2.28. The third-order valence-corrected chi connectivity index (χ3v) is 3.29. The minimum Gasteiger partial charge on any atom is -0.338 e. The van der Waals surface area contributed by atoms with Crippen molar-refractivity contribution < 1.29 is 4.79 Å². The quantitative estimate of drug-likeness (QED) is 0.816. The van der Waals surface area contributed by atoms with E-state index in [9.17, 15) is 4.79 Å². The van der Waals surface area contributed by atoms with Gasteiger partial charge in [-0.2, -0.15) is 0 Å². The second-order valence-electron chi connectivity index (χ2n) is 5.10. The van der Waals surface area contributed by atoms with Crippen molar-refractivity contribution in [3.8, 4) is 0 Å². The van der Waals surface area contributed by atoms with Crippen LogP contribution in [0.4, 0.5) is 0 Å². The first-order valence-electron chi connectivity index (χ1n) is 6.43. The lowest BCUT2D eigenvalue weighted by atomic mass is 10.0. The predicted octanol–water partition coefficient (Wildman–Crippen LogP) is 0.895. The standard InChI is InChI=1S/C14H21N3O/c1-10-8-17(9-11(2)16-10)14(18)13(15)12-6-4-3-5-7-12/h3-7,10-11,13,16H,8-9,15H2,1-2H3/t10-,11-,13+/m1/s1. The minimum atomic E-state index is -0.552. The molecule has 0 unspecified atom stereocenters. The van der Waals surface area contributed by atoms with Crippen molar-refractivity contribution in [1.29, 1.82) is 0 Å². The zero-order valence-corrected chi connectivity index (χ0v) is 11.0. The Hall–Kier alpha value is -1.39. The molecule has 4 heteroatoms. The van der Waals surface area contributed by atoms with Crippen molar-refractivity contribution in [2.24, 2.45) is 5.73 Å². The lowest BCUT2D eigenvalue weighted by Crippen LogP contribution is -2.57. The number of carbonyl (C=O) groups is 1. The fourth-order valence-corrected chi connectivity index (χ4v) is 2.51. The Labute approximate surface area is 108 Å². The second-order valence-corrected chi connectivity index (χ2v) is 5.10. The number of piperazine rings is 1. The molecule has 3 N–H and O–H groups in total. The fraction of sp³-hybridized carbons (Fsp3) is 0.500. The highest BCUT2D eigenvalue weighted by molar-refractivity contribution is 5.83. The fourth-order valence-electron chi connectivity index (χ4n) is 2.51. The van der Waals surface area contributed by atoms with Crippen LogP contribution in [0.3, 0.4) is 0 Å². The van der Waals surface area contributed by atoms with Gasteiger partial charge in [0, 0.05) is 25.2 Å². The van der Waals surface area contributed by atoms with E-state index in [4.69, 9.17) is 5.73 Å². The zero-order valence-electron chi connectivity index (χ0n) is 11.0. The van der Waals surface area contributed by atoms with Gasteiger partial charge in [0.15, 0.2) is 0 Å². The van der Waals surface area contributed by atoms with Crippen LogP contribution in [0.2, 0.25) is 0 Å². The summed E-state index contributed by atoms with van der Waals surface area (Å²) >= 11 is 0. The molecule has 1 aromatic carbocycles. The van der Waals surface area contributed by atoms with Crippen LogP contribution < -0.4 is 11.1 Å². The zero-order chi connectivity index (χ0) is 13.1. The molecule has 4 nitrogen and oxygen atoms in total. The van der Waals surface area contributed by atoms with Gasteiger partial charge in [-0.15, -0.1) is 0 Å².